The summed E-state index contributed by atoms with van der Waals surface area (Å²) in [6.07, 6.45) is 9.35. The molecule has 0 spiro atoms. The van der Waals surface area contributed by atoms with E-state index in [1.54, 1.807) is 12.4 Å². The monoisotopic (exact) mass is 392 g/mol. The lowest BCUT2D eigenvalue weighted by molar-refractivity contribution is -0.139. The van der Waals surface area contributed by atoms with Crippen LogP contribution >= 0.6 is 0 Å². The van der Waals surface area contributed by atoms with E-state index in [4.69, 9.17) is 9.51 Å². The molecule has 2 aliphatic rings. The lowest BCUT2D eigenvalue weighted by Gasteiger charge is -2.39. The molecule has 0 bridgehead atoms. The highest BCUT2D eigenvalue weighted by Gasteiger charge is 2.47. The number of nitrogens with zero attached hydrogens (tertiary/aromatic N) is 6. The van der Waals surface area contributed by atoms with Gasteiger partial charge in [-0.3, -0.25) is 9.78 Å². The van der Waals surface area contributed by atoms with Gasteiger partial charge in [-0.2, -0.15) is 4.98 Å². The lowest BCUT2D eigenvalue weighted by atomic mass is 9.87. The maximum atomic E-state index is 12.8. The number of hydrogen-bond donors (Lipinski definition) is 0. The molecule has 0 unspecified atom stereocenters. The average Bonchev–Trinajstić information content (AvgIpc) is 3.29. The van der Waals surface area contributed by atoms with Crippen molar-refractivity contribution in [1.82, 2.24) is 29.6 Å². The highest BCUT2D eigenvalue weighted by molar-refractivity contribution is 5.78. The fourth-order valence-corrected chi connectivity index (χ4v) is 4.29. The Hall–Kier alpha value is -3.03. The van der Waals surface area contributed by atoms with Crippen molar-refractivity contribution in [3.63, 3.8) is 0 Å². The van der Waals surface area contributed by atoms with Gasteiger partial charge in [0.15, 0.2) is 5.82 Å². The topological polar surface area (TPSA) is 89.9 Å². The summed E-state index contributed by atoms with van der Waals surface area (Å²) < 4.78 is 7.70. The molecule has 150 valence electrons. The third-order valence-corrected chi connectivity index (χ3v) is 5.97. The molecule has 1 aliphatic heterocycles. The molecule has 2 fully saturated rings. The lowest BCUT2D eigenvalue weighted by Crippen LogP contribution is -2.44. The molecule has 1 aliphatic carbocycles. The summed E-state index contributed by atoms with van der Waals surface area (Å²) in [5, 5.41) is 4.23. The van der Waals surface area contributed by atoms with Crippen LogP contribution in [0.4, 0.5) is 0 Å². The Bertz CT molecular complexity index is 1040. The zero-order valence-electron chi connectivity index (χ0n) is 16.7. The van der Waals surface area contributed by atoms with Gasteiger partial charge < -0.3 is 14.0 Å². The SMILES string of the molecule is Cc1ncccc1Cc1noc([C@H]2CCC(=O)N(C3CC3)[C@@H]2c2nccn2C)n1. The molecule has 0 N–H and O–H groups in total. The number of carbonyl (C=O) groups is 1. The Labute approximate surface area is 169 Å². The molecule has 1 saturated heterocycles. The van der Waals surface area contributed by atoms with Crippen molar-refractivity contribution in [2.24, 2.45) is 7.05 Å². The van der Waals surface area contributed by atoms with Gasteiger partial charge in [0.2, 0.25) is 11.8 Å². The number of aryl methyl sites for hydroxylation is 2. The number of amides is 1. The summed E-state index contributed by atoms with van der Waals surface area (Å²) >= 11 is 0. The maximum Gasteiger partial charge on any atom is 0.232 e. The molecule has 4 heterocycles. The van der Waals surface area contributed by atoms with Gasteiger partial charge in [0.25, 0.3) is 0 Å². The minimum absolute atomic E-state index is 0.0503. The summed E-state index contributed by atoms with van der Waals surface area (Å²) in [5.74, 6) is 2.25. The number of carbonyl (C=O) groups excluding carboxylic acids is 1. The Balaban J connectivity index is 1.47. The molecule has 1 amide bonds. The summed E-state index contributed by atoms with van der Waals surface area (Å²) in [5.41, 5.74) is 2.05. The van der Waals surface area contributed by atoms with Crippen molar-refractivity contribution in [3.05, 3.63) is 59.5 Å². The van der Waals surface area contributed by atoms with Crippen LogP contribution in [0.5, 0.6) is 0 Å². The number of hydrogen-bond acceptors (Lipinski definition) is 6. The largest absolute Gasteiger partial charge is 0.339 e. The first kappa shape index (κ1) is 18.0. The van der Waals surface area contributed by atoms with Crippen LogP contribution in [0, 0.1) is 6.92 Å². The normalized spacial score (nSPS) is 22.3. The number of rotatable bonds is 5. The summed E-state index contributed by atoms with van der Waals surface area (Å²) in [6.45, 7) is 1.98. The minimum atomic E-state index is -0.169. The number of imidazole rings is 1. The third-order valence-electron chi connectivity index (χ3n) is 5.97. The van der Waals surface area contributed by atoms with E-state index in [2.05, 4.69) is 15.1 Å². The Kier molecular flexibility index (Phi) is 4.41. The molecular weight excluding hydrogens is 368 g/mol. The van der Waals surface area contributed by atoms with E-state index in [1.807, 2.05) is 41.8 Å². The predicted octanol–water partition coefficient (Wildman–Crippen LogP) is 2.71. The van der Waals surface area contributed by atoms with Crippen LogP contribution in [0.3, 0.4) is 0 Å². The Morgan fingerprint density at radius 1 is 1.21 bits per heavy atom. The van der Waals surface area contributed by atoms with Crippen molar-refractivity contribution >= 4 is 5.91 Å². The number of aromatic nitrogens is 5. The van der Waals surface area contributed by atoms with Crippen LogP contribution in [0.2, 0.25) is 0 Å². The van der Waals surface area contributed by atoms with Crippen molar-refractivity contribution in [2.75, 3.05) is 0 Å². The molecule has 1 saturated carbocycles. The summed E-state index contributed by atoms with van der Waals surface area (Å²) in [6, 6.07) is 4.08. The highest BCUT2D eigenvalue weighted by Crippen LogP contribution is 2.46. The highest BCUT2D eigenvalue weighted by atomic mass is 16.5. The van der Waals surface area contributed by atoms with E-state index in [-0.39, 0.29) is 17.9 Å². The van der Waals surface area contributed by atoms with Gasteiger partial charge in [0, 0.05) is 50.2 Å². The van der Waals surface area contributed by atoms with E-state index >= 15 is 0 Å². The first-order valence-corrected chi connectivity index (χ1v) is 10.1. The van der Waals surface area contributed by atoms with Crippen LogP contribution in [0.25, 0.3) is 0 Å². The van der Waals surface area contributed by atoms with Crippen LogP contribution in [0.1, 0.15) is 66.4 Å². The van der Waals surface area contributed by atoms with Crippen LogP contribution in [0.15, 0.2) is 35.2 Å². The average molecular weight is 392 g/mol. The Morgan fingerprint density at radius 2 is 2.07 bits per heavy atom. The summed E-state index contributed by atoms with van der Waals surface area (Å²) in [7, 11) is 1.97. The smallest absolute Gasteiger partial charge is 0.232 e. The fraction of sp³-hybridized carbons (Fsp3) is 0.476. The minimum Gasteiger partial charge on any atom is -0.339 e. The molecule has 0 radical (unpaired) electrons. The molecule has 2 atom stereocenters. The molecule has 5 rings (SSSR count). The standard InChI is InChI=1S/C21H24N6O2/c1-13-14(4-3-9-22-13)12-17-24-21(29-25-17)16-7-8-18(28)27(15-5-6-15)19(16)20-23-10-11-26(20)2/h3-4,9-11,15-16,19H,5-8,12H2,1-2H3/t16-,19-/m0/s1. The van der Waals surface area contributed by atoms with Crippen molar-refractivity contribution < 1.29 is 9.32 Å². The molecule has 8 nitrogen and oxygen atoms in total. The van der Waals surface area contributed by atoms with Gasteiger partial charge in [0.1, 0.15) is 11.9 Å². The quantitative estimate of drug-likeness (QED) is 0.663. The maximum absolute atomic E-state index is 12.8. The van der Waals surface area contributed by atoms with E-state index in [1.165, 1.54) is 0 Å². The number of likely N-dealkylation sites (tertiary alicyclic amines) is 1. The van der Waals surface area contributed by atoms with E-state index in [0.717, 1.165) is 29.9 Å². The first-order valence-electron chi connectivity index (χ1n) is 10.1. The van der Waals surface area contributed by atoms with Crippen LogP contribution < -0.4 is 0 Å². The number of pyridine rings is 1. The Morgan fingerprint density at radius 3 is 2.79 bits per heavy atom. The zero-order valence-corrected chi connectivity index (χ0v) is 16.7. The van der Waals surface area contributed by atoms with Gasteiger partial charge in [-0.15, -0.1) is 0 Å². The van der Waals surface area contributed by atoms with Gasteiger partial charge in [0.05, 0.1) is 5.92 Å². The molecule has 0 aromatic carbocycles. The zero-order chi connectivity index (χ0) is 20.0. The van der Waals surface area contributed by atoms with Gasteiger partial charge >= 0.3 is 0 Å². The van der Waals surface area contributed by atoms with E-state index in [0.29, 0.717) is 37.0 Å². The summed E-state index contributed by atoms with van der Waals surface area (Å²) in [4.78, 5) is 28.4. The van der Waals surface area contributed by atoms with Crippen molar-refractivity contribution in [3.8, 4) is 0 Å². The van der Waals surface area contributed by atoms with Gasteiger partial charge in [-0.05, 0) is 37.8 Å². The third kappa shape index (κ3) is 3.32. The van der Waals surface area contributed by atoms with Crippen LogP contribution in [-0.4, -0.2) is 41.5 Å². The molecule has 8 heteroatoms. The fourth-order valence-electron chi connectivity index (χ4n) is 4.29. The van der Waals surface area contributed by atoms with Gasteiger partial charge in [-0.1, -0.05) is 11.2 Å². The molecule has 29 heavy (non-hydrogen) atoms. The van der Waals surface area contributed by atoms with Crippen molar-refractivity contribution in [1.29, 1.82) is 0 Å². The van der Waals surface area contributed by atoms with Crippen LogP contribution in [-0.2, 0) is 18.3 Å². The van der Waals surface area contributed by atoms with E-state index < -0.39 is 0 Å². The first-order chi connectivity index (χ1) is 14.1. The second kappa shape index (κ2) is 7.09. The van der Waals surface area contributed by atoms with Crippen molar-refractivity contribution in [2.45, 2.75) is 57.0 Å². The second-order valence-electron chi connectivity index (χ2n) is 7.99. The second-order valence-corrected chi connectivity index (χ2v) is 7.99. The molecular formula is C21H24N6O2. The number of piperidine rings is 1. The molecule has 3 aromatic rings. The van der Waals surface area contributed by atoms with Gasteiger partial charge in [-0.25, -0.2) is 4.98 Å². The predicted molar refractivity (Wildman–Crippen MR) is 104 cm³/mol. The van der Waals surface area contributed by atoms with E-state index in [9.17, 15) is 4.79 Å². The molecule has 3 aromatic heterocycles.